The minimum absolute atomic E-state index is 0.0480. The van der Waals surface area contributed by atoms with Gasteiger partial charge in [0.1, 0.15) is 17.3 Å². The molecule has 0 saturated heterocycles. The lowest BCUT2D eigenvalue weighted by atomic mass is 10.0. The second kappa shape index (κ2) is 6.89. The van der Waals surface area contributed by atoms with E-state index in [0.717, 1.165) is 28.9 Å². The molecule has 1 aliphatic heterocycles. The van der Waals surface area contributed by atoms with Crippen molar-refractivity contribution >= 4 is 0 Å². The fourth-order valence-electron chi connectivity index (χ4n) is 3.56. The minimum atomic E-state index is -0.116. The van der Waals surface area contributed by atoms with Crippen LogP contribution in [0.5, 0.6) is 11.5 Å². The van der Waals surface area contributed by atoms with E-state index in [4.69, 9.17) is 0 Å². The van der Waals surface area contributed by atoms with E-state index in [1.54, 1.807) is 6.07 Å². The zero-order chi connectivity index (χ0) is 19.0. The number of nitrogens with one attached hydrogen (secondary N) is 1. The number of phenols is 2. The third kappa shape index (κ3) is 3.44. The topological polar surface area (TPSA) is 89.4 Å². The maximum Gasteiger partial charge on any atom is 0.255 e. The van der Waals surface area contributed by atoms with Crippen LogP contribution < -0.4 is 5.56 Å². The Morgan fingerprint density at radius 1 is 1.19 bits per heavy atom. The lowest BCUT2D eigenvalue weighted by Gasteiger charge is -2.28. The molecular formula is C21H21N3O3. The molecule has 4 rings (SSSR count). The van der Waals surface area contributed by atoms with Gasteiger partial charge in [-0.05, 0) is 18.6 Å². The number of fused-ring (bicyclic) bond motifs is 1. The summed E-state index contributed by atoms with van der Waals surface area (Å²) in [5.41, 5.74) is 3.88. The van der Waals surface area contributed by atoms with Gasteiger partial charge >= 0.3 is 0 Å². The molecule has 0 spiro atoms. The molecule has 0 bridgehead atoms. The lowest BCUT2D eigenvalue weighted by Crippen LogP contribution is -2.35. The molecule has 138 valence electrons. The number of H-pyrrole nitrogens is 1. The third-order valence-corrected chi connectivity index (χ3v) is 5.01. The summed E-state index contributed by atoms with van der Waals surface area (Å²) < 4.78 is 0. The van der Waals surface area contributed by atoms with Gasteiger partial charge in [-0.1, -0.05) is 30.3 Å². The largest absolute Gasteiger partial charge is 0.508 e. The zero-order valence-corrected chi connectivity index (χ0v) is 15.1. The molecule has 0 saturated carbocycles. The number of benzene rings is 2. The quantitative estimate of drug-likeness (QED) is 0.666. The SMILES string of the molecule is Cc1cc(O)cc(O)c1CN1CCc2nc(-c3ccccc3)[nH]c(=O)c2C1. The number of aromatic hydroxyl groups is 2. The van der Waals surface area contributed by atoms with Crippen molar-refractivity contribution in [2.24, 2.45) is 0 Å². The Hall–Kier alpha value is -3.12. The van der Waals surface area contributed by atoms with Crippen LogP contribution in [0.1, 0.15) is 22.4 Å². The molecule has 6 heteroatoms. The van der Waals surface area contributed by atoms with Crippen molar-refractivity contribution in [2.75, 3.05) is 6.54 Å². The Morgan fingerprint density at radius 2 is 1.96 bits per heavy atom. The number of nitrogens with zero attached hydrogens (tertiary/aromatic N) is 2. The highest BCUT2D eigenvalue weighted by Gasteiger charge is 2.23. The van der Waals surface area contributed by atoms with Crippen LogP contribution in [0.2, 0.25) is 0 Å². The number of aryl methyl sites for hydroxylation is 1. The smallest absolute Gasteiger partial charge is 0.255 e. The van der Waals surface area contributed by atoms with Gasteiger partial charge in [0.25, 0.3) is 5.56 Å². The zero-order valence-electron chi connectivity index (χ0n) is 15.1. The molecule has 27 heavy (non-hydrogen) atoms. The molecule has 0 amide bonds. The summed E-state index contributed by atoms with van der Waals surface area (Å²) in [6.45, 7) is 3.59. The van der Waals surface area contributed by atoms with Gasteiger partial charge in [0.05, 0.1) is 11.3 Å². The molecule has 0 aliphatic carbocycles. The van der Waals surface area contributed by atoms with Gasteiger partial charge in [-0.25, -0.2) is 4.98 Å². The first-order valence-electron chi connectivity index (χ1n) is 8.92. The van der Waals surface area contributed by atoms with Crippen molar-refractivity contribution in [2.45, 2.75) is 26.4 Å². The predicted molar refractivity (Wildman–Crippen MR) is 103 cm³/mol. The van der Waals surface area contributed by atoms with Gasteiger partial charge in [0, 0.05) is 43.2 Å². The second-order valence-corrected chi connectivity index (χ2v) is 6.93. The van der Waals surface area contributed by atoms with Crippen molar-refractivity contribution in [3.05, 3.63) is 75.2 Å². The maximum atomic E-state index is 12.6. The van der Waals surface area contributed by atoms with E-state index in [1.807, 2.05) is 37.3 Å². The number of hydrogen-bond donors (Lipinski definition) is 3. The number of aromatic amines is 1. The second-order valence-electron chi connectivity index (χ2n) is 6.93. The van der Waals surface area contributed by atoms with Gasteiger partial charge < -0.3 is 15.2 Å². The molecule has 2 heterocycles. The lowest BCUT2D eigenvalue weighted by molar-refractivity contribution is 0.238. The molecule has 1 aromatic heterocycles. The average molecular weight is 363 g/mol. The summed E-state index contributed by atoms with van der Waals surface area (Å²) in [4.78, 5) is 22.3. The number of aromatic nitrogens is 2. The summed E-state index contributed by atoms with van der Waals surface area (Å²) in [6, 6.07) is 12.6. The van der Waals surface area contributed by atoms with Crippen molar-refractivity contribution in [3.8, 4) is 22.9 Å². The summed E-state index contributed by atoms with van der Waals surface area (Å²) in [5.74, 6) is 0.719. The fraction of sp³-hybridized carbons (Fsp3) is 0.238. The van der Waals surface area contributed by atoms with E-state index < -0.39 is 0 Å². The Kier molecular flexibility index (Phi) is 4.41. The Morgan fingerprint density at radius 3 is 2.70 bits per heavy atom. The van der Waals surface area contributed by atoms with Crippen molar-refractivity contribution in [1.29, 1.82) is 0 Å². The summed E-state index contributed by atoms with van der Waals surface area (Å²) in [5, 5.41) is 19.7. The number of rotatable bonds is 3. The van der Waals surface area contributed by atoms with Gasteiger partial charge in [0.15, 0.2) is 0 Å². The van der Waals surface area contributed by atoms with Gasteiger partial charge in [-0.15, -0.1) is 0 Å². The monoisotopic (exact) mass is 363 g/mol. The van der Waals surface area contributed by atoms with Crippen LogP contribution in [0.15, 0.2) is 47.3 Å². The first-order valence-corrected chi connectivity index (χ1v) is 8.92. The van der Waals surface area contributed by atoms with E-state index in [-0.39, 0.29) is 17.1 Å². The van der Waals surface area contributed by atoms with Crippen LogP contribution in [-0.2, 0) is 19.5 Å². The fourth-order valence-corrected chi connectivity index (χ4v) is 3.56. The molecule has 0 fully saturated rings. The molecule has 1 aliphatic rings. The van der Waals surface area contributed by atoms with Crippen LogP contribution in [0.25, 0.3) is 11.4 Å². The third-order valence-electron chi connectivity index (χ3n) is 5.01. The van der Waals surface area contributed by atoms with E-state index in [9.17, 15) is 15.0 Å². The van der Waals surface area contributed by atoms with Gasteiger partial charge in [-0.3, -0.25) is 9.69 Å². The van der Waals surface area contributed by atoms with E-state index >= 15 is 0 Å². The van der Waals surface area contributed by atoms with Crippen molar-refractivity contribution in [3.63, 3.8) is 0 Å². The molecule has 0 unspecified atom stereocenters. The molecule has 3 N–H and O–H groups in total. The first-order chi connectivity index (χ1) is 13.0. The van der Waals surface area contributed by atoms with E-state index in [2.05, 4.69) is 14.9 Å². The van der Waals surface area contributed by atoms with Crippen LogP contribution in [0.3, 0.4) is 0 Å². The summed E-state index contributed by atoms with van der Waals surface area (Å²) in [6.07, 6.45) is 0.678. The van der Waals surface area contributed by atoms with Gasteiger partial charge in [0.2, 0.25) is 0 Å². The molecule has 6 nitrogen and oxygen atoms in total. The average Bonchev–Trinajstić information content (AvgIpc) is 2.65. The van der Waals surface area contributed by atoms with Crippen LogP contribution in [-0.4, -0.2) is 31.6 Å². The normalized spacial score (nSPS) is 14.1. The van der Waals surface area contributed by atoms with E-state index in [1.165, 1.54) is 6.07 Å². The highest BCUT2D eigenvalue weighted by atomic mass is 16.3. The predicted octanol–water partition coefficient (Wildman–Crippen LogP) is 2.71. The highest BCUT2D eigenvalue weighted by molar-refractivity contribution is 5.54. The van der Waals surface area contributed by atoms with Gasteiger partial charge in [-0.2, -0.15) is 0 Å². The molecular weight excluding hydrogens is 342 g/mol. The van der Waals surface area contributed by atoms with Crippen LogP contribution in [0.4, 0.5) is 0 Å². The maximum absolute atomic E-state index is 12.6. The molecule has 3 aromatic rings. The Labute approximate surface area is 156 Å². The molecule has 0 atom stereocenters. The Bertz CT molecular complexity index is 1020. The number of hydrogen-bond acceptors (Lipinski definition) is 5. The summed E-state index contributed by atoms with van der Waals surface area (Å²) in [7, 11) is 0. The standard InChI is InChI=1S/C21H21N3O3/c1-13-9-15(25)10-19(26)16(13)11-24-8-7-18-17(12-24)21(27)23-20(22-18)14-5-3-2-4-6-14/h2-6,9-10,25-26H,7-8,11-12H2,1H3,(H,22,23,27). The number of phenolic OH excluding ortho intramolecular Hbond substituents is 2. The van der Waals surface area contributed by atoms with E-state index in [0.29, 0.717) is 30.9 Å². The molecule has 2 aromatic carbocycles. The van der Waals surface area contributed by atoms with Crippen LogP contribution >= 0.6 is 0 Å². The van der Waals surface area contributed by atoms with Crippen molar-refractivity contribution in [1.82, 2.24) is 14.9 Å². The molecule has 0 radical (unpaired) electrons. The Balaban J connectivity index is 1.60. The van der Waals surface area contributed by atoms with Crippen molar-refractivity contribution < 1.29 is 10.2 Å². The minimum Gasteiger partial charge on any atom is -0.508 e. The van der Waals surface area contributed by atoms with Crippen LogP contribution in [0, 0.1) is 6.92 Å². The highest BCUT2D eigenvalue weighted by Crippen LogP contribution is 2.29. The summed E-state index contributed by atoms with van der Waals surface area (Å²) >= 11 is 0. The first kappa shape index (κ1) is 17.3.